The second-order valence-electron chi connectivity index (χ2n) is 7.06. The van der Waals surface area contributed by atoms with Gasteiger partial charge in [-0.15, -0.1) is 0 Å². The number of benzene rings is 2. The van der Waals surface area contributed by atoms with Crippen molar-refractivity contribution in [2.75, 3.05) is 38.7 Å². The van der Waals surface area contributed by atoms with Gasteiger partial charge in [-0.25, -0.2) is 4.98 Å². The van der Waals surface area contributed by atoms with Gasteiger partial charge in [-0.3, -0.25) is 9.69 Å². The molecule has 0 bridgehead atoms. The number of hydrogen-bond donors (Lipinski definition) is 0. The number of nitrogens with zero attached hydrogens (tertiary/aromatic N) is 3. The second kappa shape index (κ2) is 10.1. The lowest BCUT2D eigenvalue weighted by Gasteiger charge is -2.21. The van der Waals surface area contributed by atoms with Crippen LogP contribution in [-0.2, 0) is 11.2 Å². The first-order valence-corrected chi connectivity index (χ1v) is 10.9. The van der Waals surface area contributed by atoms with Gasteiger partial charge >= 0.3 is 0 Å². The van der Waals surface area contributed by atoms with Gasteiger partial charge in [-0.2, -0.15) is 0 Å². The molecule has 0 fully saturated rings. The highest BCUT2D eigenvalue weighted by Crippen LogP contribution is 2.31. The van der Waals surface area contributed by atoms with E-state index in [1.54, 1.807) is 4.90 Å². The third kappa shape index (κ3) is 5.92. The summed E-state index contributed by atoms with van der Waals surface area (Å²) in [6, 6.07) is 13.3. The van der Waals surface area contributed by atoms with Crippen molar-refractivity contribution in [3.05, 3.63) is 53.1 Å². The molecule has 0 saturated heterocycles. The van der Waals surface area contributed by atoms with Gasteiger partial charge in [0.2, 0.25) is 5.91 Å². The van der Waals surface area contributed by atoms with Gasteiger partial charge in [0.25, 0.3) is 0 Å². The van der Waals surface area contributed by atoms with Crippen molar-refractivity contribution in [2.24, 2.45) is 0 Å². The van der Waals surface area contributed by atoms with E-state index in [0.29, 0.717) is 24.6 Å². The van der Waals surface area contributed by atoms with Gasteiger partial charge in [-0.05, 0) is 69.9 Å². The molecule has 0 N–H and O–H groups in total. The number of hydrogen-bond acceptors (Lipinski definition) is 5. The molecule has 0 unspecified atom stereocenters. The molecule has 0 atom stereocenters. The molecule has 3 aromatic rings. The van der Waals surface area contributed by atoms with E-state index in [1.165, 1.54) is 11.3 Å². The molecule has 5 nitrogen and oxygen atoms in total. The van der Waals surface area contributed by atoms with Crippen LogP contribution in [0, 0.1) is 0 Å². The highest BCUT2D eigenvalue weighted by Gasteiger charge is 2.20. The number of thiazole rings is 1. The van der Waals surface area contributed by atoms with Crippen LogP contribution in [-0.4, -0.2) is 49.6 Å². The lowest BCUT2D eigenvalue weighted by atomic mass is 10.1. The fraction of sp³-hybridized carbons (Fsp3) is 0.364. The Balaban J connectivity index is 1.80. The van der Waals surface area contributed by atoms with Crippen molar-refractivity contribution in [3.8, 4) is 5.75 Å². The van der Waals surface area contributed by atoms with Gasteiger partial charge in [0.05, 0.1) is 23.2 Å². The van der Waals surface area contributed by atoms with Crippen molar-refractivity contribution >= 4 is 44.2 Å². The number of rotatable bonds is 9. The van der Waals surface area contributed by atoms with Crippen LogP contribution >= 0.6 is 22.9 Å². The molecular weight excluding hydrogens is 406 g/mol. The summed E-state index contributed by atoms with van der Waals surface area (Å²) in [5.74, 6) is 0.854. The molecule has 154 valence electrons. The van der Waals surface area contributed by atoms with Crippen molar-refractivity contribution < 1.29 is 9.53 Å². The van der Waals surface area contributed by atoms with Gasteiger partial charge in [0.1, 0.15) is 5.75 Å². The van der Waals surface area contributed by atoms with Crippen LogP contribution < -0.4 is 9.64 Å². The molecule has 0 aliphatic heterocycles. The van der Waals surface area contributed by atoms with Gasteiger partial charge in [0.15, 0.2) is 5.13 Å². The summed E-state index contributed by atoms with van der Waals surface area (Å²) in [4.78, 5) is 21.8. The van der Waals surface area contributed by atoms with E-state index in [1.807, 2.05) is 63.5 Å². The minimum atomic E-state index is 0.0399. The SMILES string of the molecule is CCOc1ccc(CC(=O)N(CCCN(C)C)c2nc3ccc(Cl)cc3s2)cc1. The predicted molar refractivity (Wildman–Crippen MR) is 121 cm³/mol. The van der Waals surface area contributed by atoms with Crippen LogP contribution in [0.1, 0.15) is 18.9 Å². The van der Waals surface area contributed by atoms with Crippen LogP contribution in [0.2, 0.25) is 5.02 Å². The number of halogens is 1. The van der Waals surface area contributed by atoms with Crippen LogP contribution in [0.4, 0.5) is 5.13 Å². The predicted octanol–water partition coefficient (Wildman–Crippen LogP) is 4.88. The summed E-state index contributed by atoms with van der Waals surface area (Å²) in [5.41, 5.74) is 1.82. The summed E-state index contributed by atoms with van der Waals surface area (Å²) in [5, 5.41) is 1.39. The average molecular weight is 432 g/mol. The zero-order chi connectivity index (χ0) is 20.8. The molecule has 0 aliphatic carbocycles. The number of carbonyl (C=O) groups excluding carboxylic acids is 1. The molecular formula is C22H26ClN3O2S. The molecule has 7 heteroatoms. The van der Waals surface area contributed by atoms with Gasteiger partial charge < -0.3 is 9.64 Å². The summed E-state index contributed by atoms with van der Waals surface area (Å²) >= 11 is 7.62. The van der Waals surface area contributed by atoms with Crippen LogP contribution in [0.3, 0.4) is 0 Å². The Morgan fingerprint density at radius 1 is 1.14 bits per heavy atom. The lowest BCUT2D eigenvalue weighted by molar-refractivity contribution is -0.118. The first-order chi connectivity index (χ1) is 14.0. The molecule has 1 amide bonds. The molecule has 1 heterocycles. The molecule has 0 radical (unpaired) electrons. The van der Waals surface area contributed by atoms with Crippen LogP contribution in [0.15, 0.2) is 42.5 Å². The Morgan fingerprint density at radius 2 is 1.90 bits per heavy atom. The highest BCUT2D eigenvalue weighted by molar-refractivity contribution is 7.22. The van der Waals surface area contributed by atoms with E-state index in [9.17, 15) is 4.79 Å². The van der Waals surface area contributed by atoms with Gasteiger partial charge in [0, 0.05) is 11.6 Å². The fourth-order valence-corrected chi connectivity index (χ4v) is 4.30. The Bertz CT molecular complexity index is 956. The van der Waals surface area contributed by atoms with Crippen molar-refractivity contribution in [3.63, 3.8) is 0 Å². The van der Waals surface area contributed by atoms with E-state index < -0.39 is 0 Å². The summed E-state index contributed by atoms with van der Waals surface area (Å²) < 4.78 is 6.47. The van der Waals surface area contributed by atoms with Gasteiger partial charge in [-0.1, -0.05) is 35.1 Å². The average Bonchev–Trinajstić information content (AvgIpc) is 3.09. The summed E-state index contributed by atoms with van der Waals surface area (Å²) in [6.45, 7) is 4.11. The minimum Gasteiger partial charge on any atom is -0.494 e. The number of carbonyl (C=O) groups is 1. The maximum absolute atomic E-state index is 13.2. The number of anilines is 1. The number of ether oxygens (including phenoxy) is 1. The van der Waals surface area contributed by atoms with Crippen molar-refractivity contribution in [1.29, 1.82) is 0 Å². The maximum Gasteiger partial charge on any atom is 0.233 e. The third-order valence-corrected chi connectivity index (χ3v) is 5.72. The Hall–Kier alpha value is -2.15. The third-order valence-electron chi connectivity index (χ3n) is 4.45. The standard InChI is InChI=1S/C22H26ClN3O2S/c1-4-28-18-9-6-16(7-10-18)14-21(27)26(13-5-12-25(2)3)22-24-19-11-8-17(23)15-20(19)29-22/h6-11,15H,4-5,12-14H2,1-3H3. The quantitative estimate of drug-likeness (QED) is 0.484. The molecule has 1 aromatic heterocycles. The lowest BCUT2D eigenvalue weighted by Crippen LogP contribution is -2.34. The first kappa shape index (κ1) is 21.6. The molecule has 2 aromatic carbocycles. The number of aromatic nitrogens is 1. The van der Waals surface area contributed by atoms with E-state index in [2.05, 4.69) is 9.88 Å². The van der Waals surface area contributed by atoms with E-state index in [0.717, 1.165) is 39.6 Å². The zero-order valence-electron chi connectivity index (χ0n) is 17.0. The van der Waals surface area contributed by atoms with E-state index in [-0.39, 0.29) is 5.91 Å². The number of fused-ring (bicyclic) bond motifs is 1. The first-order valence-electron chi connectivity index (χ1n) is 9.69. The van der Waals surface area contributed by atoms with Crippen LogP contribution in [0.25, 0.3) is 10.2 Å². The van der Waals surface area contributed by atoms with E-state index in [4.69, 9.17) is 16.3 Å². The monoisotopic (exact) mass is 431 g/mol. The highest BCUT2D eigenvalue weighted by atomic mass is 35.5. The zero-order valence-corrected chi connectivity index (χ0v) is 18.6. The smallest absolute Gasteiger partial charge is 0.233 e. The molecule has 3 rings (SSSR count). The summed E-state index contributed by atoms with van der Waals surface area (Å²) in [6.07, 6.45) is 1.20. The normalized spacial score (nSPS) is 11.2. The Kier molecular flexibility index (Phi) is 7.47. The topological polar surface area (TPSA) is 45.7 Å². The van der Waals surface area contributed by atoms with E-state index >= 15 is 0 Å². The number of amides is 1. The largest absolute Gasteiger partial charge is 0.494 e. The molecule has 0 spiro atoms. The van der Waals surface area contributed by atoms with Crippen molar-refractivity contribution in [1.82, 2.24) is 9.88 Å². The van der Waals surface area contributed by atoms with Crippen molar-refractivity contribution in [2.45, 2.75) is 19.8 Å². The molecule has 29 heavy (non-hydrogen) atoms. The van der Waals surface area contributed by atoms with Crippen LogP contribution in [0.5, 0.6) is 5.75 Å². The minimum absolute atomic E-state index is 0.0399. The molecule has 0 aliphatic rings. The second-order valence-corrected chi connectivity index (χ2v) is 8.51. The Morgan fingerprint density at radius 3 is 2.59 bits per heavy atom. The summed E-state index contributed by atoms with van der Waals surface area (Å²) in [7, 11) is 4.07. The Labute approximate surface area is 180 Å². The fourth-order valence-electron chi connectivity index (χ4n) is 3.01. The maximum atomic E-state index is 13.2. The molecule has 0 saturated carbocycles.